The van der Waals surface area contributed by atoms with E-state index in [1.54, 1.807) is 6.07 Å². The van der Waals surface area contributed by atoms with E-state index in [9.17, 15) is 13.2 Å². The van der Waals surface area contributed by atoms with E-state index in [4.69, 9.17) is 0 Å². The van der Waals surface area contributed by atoms with Crippen LogP contribution in [0.5, 0.6) is 0 Å². The van der Waals surface area contributed by atoms with E-state index in [1.165, 1.54) is 12.3 Å². The standard InChI is InChI=1S/C17H17F3N2/c1-11-6-7-12(13(10-11)15-5-3-8-21-15)16-14(17(18,19)20)4-2-9-22-16/h2,4,6-7,9-10,15,21H,3,5,8H2,1H3. The highest BCUT2D eigenvalue weighted by atomic mass is 19.4. The predicted molar refractivity (Wildman–Crippen MR) is 79.4 cm³/mol. The maximum atomic E-state index is 13.3. The fraction of sp³-hybridized carbons (Fsp3) is 0.353. The van der Waals surface area contributed by atoms with Crippen LogP contribution in [0.25, 0.3) is 11.3 Å². The summed E-state index contributed by atoms with van der Waals surface area (Å²) in [7, 11) is 0. The summed E-state index contributed by atoms with van der Waals surface area (Å²) in [5, 5.41) is 3.36. The smallest absolute Gasteiger partial charge is 0.310 e. The van der Waals surface area contributed by atoms with Crippen LogP contribution in [0.1, 0.15) is 35.6 Å². The third kappa shape index (κ3) is 2.86. The molecule has 1 N–H and O–H groups in total. The van der Waals surface area contributed by atoms with Crippen LogP contribution >= 0.6 is 0 Å². The largest absolute Gasteiger partial charge is 0.418 e. The summed E-state index contributed by atoms with van der Waals surface area (Å²) in [6, 6.07) is 8.07. The van der Waals surface area contributed by atoms with Gasteiger partial charge in [0, 0.05) is 17.8 Å². The van der Waals surface area contributed by atoms with Crippen LogP contribution in [-0.4, -0.2) is 11.5 Å². The Morgan fingerprint density at radius 2 is 2.05 bits per heavy atom. The Morgan fingerprint density at radius 1 is 1.23 bits per heavy atom. The molecule has 0 radical (unpaired) electrons. The van der Waals surface area contributed by atoms with E-state index in [-0.39, 0.29) is 11.7 Å². The molecule has 2 nitrogen and oxygen atoms in total. The zero-order chi connectivity index (χ0) is 15.7. The van der Waals surface area contributed by atoms with Gasteiger partial charge >= 0.3 is 6.18 Å². The molecule has 0 aliphatic carbocycles. The number of benzene rings is 1. The molecule has 116 valence electrons. The molecule has 0 amide bonds. The van der Waals surface area contributed by atoms with E-state index in [2.05, 4.69) is 10.3 Å². The molecular weight excluding hydrogens is 289 g/mol. The molecule has 3 rings (SSSR count). The zero-order valence-corrected chi connectivity index (χ0v) is 12.2. The van der Waals surface area contributed by atoms with Crippen LogP contribution in [0.4, 0.5) is 13.2 Å². The molecule has 0 saturated carbocycles. The molecule has 1 aliphatic heterocycles. The second-order valence-corrected chi connectivity index (χ2v) is 5.64. The molecule has 1 aliphatic rings. The summed E-state index contributed by atoms with van der Waals surface area (Å²) < 4.78 is 39.8. The number of hydrogen-bond acceptors (Lipinski definition) is 2. The molecule has 1 atom stereocenters. The average Bonchev–Trinajstić information content (AvgIpc) is 3.00. The molecule has 5 heteroatoms. The van der Waals surface area contributed by atoms with Gasteiger partial charge in [0.2, 0.25) is 0 Å². The van der Waals surface area contributed by atoms with Crippen molar-refractivity contribution in [2.75, 3.05) is 6.54 Å². The van der Waals surface area contributed by atoms with Crippen LogP contribution in [0.2, 0.25) is 0 Å². The van der Waals surface area contributed by atoms with Crippen molar-refractivity contribution in [3.63, 3.8) is 0 Å². The van der Waals surface area contributed by atoms with Crippen molar-refractivity contribution in [2.24, 2.45) is 0 Å². The van der Waals surface area contributed by atoms with Gasteiger partial charge in [-0.3, -0.25) is 4.98 Å². The number of alkyl halides is 3. The van der Waals surface area contributed by atoms with E-state index in [0.29, 0.717) is 5.56 Å². The zero-order valence-electron chi connectivity index (χ0n) is 12.2. The minimum atomic E-state index is -4.41. The number of aryl methyl sites for hydroxylation is 1. The van der Waals surface area contributed by atoms with Gasteiger partial charge < -0.3 is 5.32 Å². The normalized spacial score (nSPS) is 18.6. The van der Waals surface area contributed by atoms with E-state index < -0.39 is 11.7 Å². The first-order valence-corrected chi connectivity index (χ1v) is 7.33. The van der Waals surface area contributed by atoms with E-state index in [0.717, 1.165) is 36.6 Å². The molecule has 2 heterocycles. The van der Waals surface area contributed by atoms with E-state index >= 15 is 0 Å². The van der Waals surface area contributed by atoms with E-state index in [1.807, 2.05) is 19.1 Å². The molecule has 1 saturated heterocycles. The number of rotatable bonds is 2. The lowest BCUT2D eigenvalue weighted by molar-refractivity contribution is -0.137. The molecule has 1 aromatic carbocycles. The maximum Gasteiger partial charge on any atom is 0.418 e. The van der Waals surface area contributed by atoms with Crippen LogP contribution in [0.15, 0.2) is 36.5 Å². The first-order chi connectivity index (χ1) is 10.5. The lowest BCUT2D eigenvalue weighted by Crippen LogP contribution is -2.15. The Labute approximate surface area is 127 Å². The number of hydrogen-bond donors (Lipinski definition) is 1. The fourth-order valence-electron chi connectivity index (χ4n) is 2.98. The van der Waals surface area contributed by atoms with Gasteiger partial charge in [0.15, 0.2) is 0 Å². The lowest BCUT2D eigenvalue weighted by atomic mass is 9.93. The molecule has 22 heavy (non-hydrogen) atoms. The summed E-state index contributed by atoms with van der Waals surface area (Å²) in [6.07, 6.45) is -1.03. The molecule has 1 aromatic heterocycles. The van der Waals surface area contributed by atoms with Crippen LogP contribution in [-0.2, 0) is 6.18 Å². The second kappa shape index (κ2) is 5.72. The highest BCUT2D eigenvalue weighted by Crippen LogP contribution is 2.39. The number of nitrogens with one attached hydrogen (secondary N) is 1. The van der Waals surface area contributed by atoms with Gasteiger partial charge in [-0.1, -0.05) is 23.8 Å². The third-order valence-corrected chi connectivity index (χ3v) is 4.01. The van der Waals surface area contributed by atoms with Gasteiger partial charge in [0.1, 0.15) is 0 Å². The first-order valence-electron chi connectivity index (χ1n) is 7.33. The van der Waals surface area contributed by atoms with Crippen LogP contribution < -0.4 is 5.32 Å². The molecule has 1 unspecified atom stereocenters. The summed E-state index contributed by atoms with van der Waals surface area (Å²) in [5.74, 6) is 0. The summed E-state index contributed by atoms with van der Waals surface area (Å²) in [6.45, 7) is 2.84. The Bertz CT molecular complexity index is 674. The highest BCUT2D eigenvalue weighted by molar-refractivity contribution is 5.68. The topological polar surface area (TPSA) is 24.9 Å². The van der Waals surface area contributed by atoms with Crippen molar-refractivity contribution in [1.29, 1.82) is 0 Å². The lowest BCUT2D eigenvalue weighted by Gasteiger charge is -2.19. The summed E-state index contributed by atoms with van der Waals surface area (Å²) in [4.78, 5) is 4.03. The summed E-state index contributed by atoms with van der Waals surface area (Å²) in [5.41, 5.74) is 1.84. The minimum absolute atomic E-state index is 0.0127. The highest BCUT2D eigenvalue weighted by Gasteiger charge is 2.35. The van der Waals surface area contributed by atoms with Gasteiger partial charge in [0.05, 0.1) is 11.3 Å². The van der Waals surface area contributed by atoms with Crippen molar-refractivity contribution in [3.05, 3.63) is 53.2 Å². The Hall–Kier alpha value is -1.88. The third-order valence-electron chi connectivity index (χ3n) is 4.01. The van der Waals surface area contributed by atoms with Gasteiger partial charge in [-0.2, -0.15) is 13.2 Å². The first kappa shape index (κ1) is 15.0. The van der Waals surface area contributed by atoms with Crippen molar-refractivity contribution in [2.45, 2.75) is 32.0 Å². The Morgan fingerprint density at radius 3 is 2.73 bits per heavy atom. The minimum Gasteiger partial charge on any atom is -0.310 e. The number of nitrogens with zero attached hydrogens (tertiary/aromatic N) is 1. The Kier molecular flexibility index (Phi) is 3.91. The van der Waals surface area contributed by atoms with Crippen LogP contribution in [0, 0.1) is 6.92 Å². The summed E-state index contributed by atoms with van der Waals surface area (Å²) >= 11 is 0. The van der Waals surface area contributed by atoms with Gasteiger partial charge in [-0.05, 0) is 44.0 Å². The van der Waals surface area contributed by atoms with Crippen molar-refractivity contribution in [3.8, 4) is 11.3 Å². The van der Waals surface area contributed by atoms with Crippen molar-refractivity contribution in [1.82, 2.24) is 10.3 Å². The number of halogens is 3. The van der Waals surface area contributed by atoms with Crippen molar-refractivity contribution < 1.29 is 13.2 Å². The van der Waals surface area contributed by atoms with Gasteiger partial charge in [0.25, 0.3) is 0 Å². The number of pyridine rings is 1. The van der Waals surface area contributed by atoms with Crippen LogP contribution in [0.3, 0.4) is 0 Å². The Balaban J connectivity index is 2.17. The second-order valence-electron chi connectivity index (χ2n) is 5.64. The van der Waals surface area contributed by atoms with Crippen molar-refractivity contribution >= 4 is 0 Å². The fourth-order valence-corrected chi connectivity index (χ4v) is 2.98. The molecule has 1 fully saturated rings. The SMILES string of the molecule is Cc1ccc(-c2ncccc2C(F)(F)F)c(C2CCCN2)c1. The molecule has 0 bridgehead atoms. The predicted octanol–water partition coefficient (Wildman–Crippen LogP) is 4.50. The maximum absolute atomic E-state index is 13.3. The molecule has 0 spiro atoms. The monoisotopic (exact) mass is 306 g/mol. The van der Waals surface area contributed by atoms with Gasteiger partial charge in [-0.25, -0.2) is 0 Å². The molecule has 2 aromatic rings. The average molecular weight is 306 g/mol. The van der Waals surface area contributed by atoms with Gasteiger partial charge in [-0.15, -0.1) is 0 Å². The number of aromatic nitrogens is 1. The molecular formula is C17H17F3N2. The quantitative estimate of drug-likeness (QED) is 0.883.